The summed E-state index contributed by atoms with van der Waals surface area (Å²) >= 11 is 0. The van der Waals surface area contributed by atoms with Crippen LogP contribution in [0.4, 0.5) is 11.4 Å². The van der Waals surface area contributed by atoms with Gasteiger partial charge >= 0.3 is 0 Å². The van der Waals surface area contributed by atoms with E-state index in [4.69, 9.17) is 4.42 Å². The molecule has 3 amide bonds. The third-order valence-electron chi connectivity index (χ3n) is 5.68. The molecule has 2 heterocycles. The van der Waals surface area contributed by atoms with Gasteiger partial charge < -0.3 is 9.73 Å². The highest BCUT2D eigenvalue weighted by Gasteiger charge is 2.34. The average Bonchev–Trinajstić information content (AvgIpc) is 3.39. The van der Waals surface area contributed by atoms with Crippen LogP contribution < -0.4 is 5.32 Å². The molecule has 0 fully saturated rings. The van der Waals surface area contributed by atoms with Crippen molar-refractivity contribution in [2.75, 3.05) is 11.9 Å². The quantitative estimate of drug-likeness (QED) is 0.240. The second-order valence-electron chi connectivity index (χ2n) is 7.93. The maximum absolute atomic E-state index is 12.6. The summed E-state index contributed by atoms with van der Waals surface area (Å²) in [5, 5.41) is 13.8. The van der Waals surface area contributed by atoms with E-state index in [9.17, 15) is 24.5 Å². The molecule has 0 radical (unpaired) electrons. The van der Waals surface area contributed by atoms with Gasteiger partial charge in [0, 0.05) is 25.1 Å². The van der Waals surface area contributed by atoms with Gasteiger partial charge in [-0.2, -0.15) is 0 Å². The Kier molecular flexibility index (Phi) is 5.54. The first-order valence-corrected chi connectivity index (χ1v) is 10.8. The van der Waals surface area contributed by atoms with E-state index in [1.165, 1.54) is 18.2 Å². The molecular weight excluding hydrogens is 452 g/mol. The number of rotatable bonds is 7. The number of hydrogen-bond acceptors (Lipinski definition) is 7. The van der Waals surface area contributed by atoms with Gasteiger partial charge in [0.15, 0.2) is 5.58 Å². The van der Waals surface area contributed by atoms with Gasteiger partial charge in [-0.15, -0.1) is 0 Å². The molecule has 0 saturated carbocycles. The molecule has 0 unspecified atom stereocenters. The van der Waals surface area contributed by atoms with E-state index < -0.39 is 4.92 Å². The number of amides is 3. The first-order chi connectivity index (χ1) is 16.9. The van der Waals surface area contributed by atoms with Crippen LogP contribution in [-0.2, 0) is 4.79 Å². The zero-order valence-electron chi connectivity index (χ0n) is 18.3. The third kappa shape index (κ3) is 4.12. The Labute approximate surface area is 198 Å². The van der Waals surface area contributed by atoms with Crippen molar-refractivity contribution in [3.05, 3.63) is 88.0 Å². The van der Waals surface area contributed by atoms with Crippen molar-refractivity contribution in [2.45, 2.75) is 12.8 Å². The molecule has 35 heavy (non-hydrogen) atoms. The van der Waals surface area contributed by atoms with E-state index >= 15 is 0 Å². The van der Waals surface area contributed by atoms with Crippen molar-refractivity contribution in [3.63, 3.8) is 0 Å². The number of carbonyl (C=O) groups is 3. The van der Waals surface area contributed by atoms with Gasteiger partial charge in [0.05, 0.1) is 27.3 Å². The van der Waals surface area contributed by atoms with E-state index in [0.717, 1.165) is 4.90 Å². The normalized spacial score (nSPS) is 12.7. The summed E-state index contributed by atoms with van der Waals surface area (Å²) in [5.74, 6) is -0.802. The third-order valence-corrected chi connectivity index (χ3v) is 5.68. The Bertz CT molecular complexity index is 1470. The molecule has 5 rings (SSSR count). The van der Waals surface area contributed by atoms with Crippen LogP contribution in [0.25, 0.3) is 22.6 Å². The highest BCUT2D eigenvalue weighted by molar-refractivity contribution is 6.21. The van der Waals surface area contributed by atoms with Gasteiger partial charge in [-0.1, -0.05) is 24.3 Å². The van der Waals surface area contributed by atoms with E-state index in [2.05, 4.69) is 10.3 Å². The Hall–Kier alpha value is -4.86. The molecule has 10 heteroatoms. The Morgan fingerprint density at radius 3 is 2.31 bits per heavy atom. The predicted octanol–water partition coefficient (Wildman–Crippen LogP) is 4.42. The number of anilines is 1. The number of oxazole rings is 1. The number of hydrogen-bond donors (Lipinski definition) is 1. The number of nitrogens with zero attached hydrogens (tertiary/aromatic N) is 3. The van der Waals surface area contributed by atoms with Gasteiger partial charge in [-0.3, -0.25) is 29.4 Å². The standard InChI is InChI=1S/C25H18N4O6/c30-22(10-5-13-28-24(31)16-6-1-2-7-17(16)25(28)32)26-19-9-4-3-8-18(19)23-27-20-14-15(29(33)34)11-12-21(20)35-23/h1-4,6-9,11-12,14H,5,10,13H2,(H,26,30). The van der Waals surface area contributed by atoms with Crippen LogP contribution in [0.3, 0.4) is 0 Å². The van der Waals surface area contributed by atoms with Crippen LogP contribution in [0.5, 0.6) is 0 Å². The summed E-state index contributed by atoms with van der Waals surface area (Å²) in [4.78, 5) is 53.5. The fraction of sp³-hybridized carbons (Fsp3) is 0.120. The SMILES string of the molecule is O=C(CCCN1C(=O)c2ccccc2C1=O)Nc1ccccc1-c1nc2cc([N+](=O)[O-])ccc2o1. The number of nitro benzene ring substituents is 1. The van der Waals surface area contributed by atoms with E-state index in [1.807, 2.05) is 0 Å². The molecule has 0 bridgehead atoms. The molecule has 1 aromatic heterocycles. The number of non-ortho nitro benzene ring substituents is 1. The minimum absolute atomic E-state index is 0.0848. The number of para-hydroxylation sites is 1. The van der Waals surface area contributed by atoms with Crippen molar-refractivity contribution in [2.24, 2.45) is 0 Å². The Morgan fingerprint density at radius 1 is 0.971 bits per heavy atom. The van der Waals surface area contributed by atoms with Crippen LogP contribution in [0.1, 0.15) is 33.6 Å². The van der Waals surface area contributed by atoms with Crippen molar-refractivity contribution < 1.29 is 23.7 Å². The number of carbonyl (C=O) groups excluding carboxylic acids is 3. The monoisotopic (exact) mass is 470 g/mol. The number of nitrogens with one attached hydrogen (secondary N) is 1. The molecule has 1 aliphatic rings. The van der Waals surface area contributed by atoms with Crippen LogP contribution in [0.2, 0.25) is 0 Å². The molecule has 0 atom stereocenters. The maximum Gasteiger partial charge on any atom is 0.271 e. The Balaban J connectivity index is 1.26. The topological polar surface area (TPSA) is 136 Å². The molecule has 174 valence electrons. The van der Waals surface area contributed by atoms with Crippen molar-refractivity contribution in [1.29, 1.82) is 0 Å². The lowest BCUT2D eigenvalue weighted by Gasteiger charge is -2.14. The van der Waals surface area contributed by atoms with E-state index in [-0.39, 0.29) is 42.3 Å². The zero-order chi connectivity index (χ0) is 24.5. The summed E-state index contributed by atoms with van der Waals surface area (Å²) in [5.41, 5.74) is 2.33. The summed E-state index contributed by atoms with van der Waals surface area (Å²) < 4.78 is 5.75. The van der Waals surface area contributed by atoms with Crippen LogP contribution >= 0.6 is 0 Å². The van der Waals surface area contributed by atoms with E-state index in [1.54, 1.807) is 48.5 Å². The number of benzene rings is 3. The molecule has 0 spiro atoms. The van der Waals surface area contributed by atoms with Crippen LogP contribution in [-0.4, -0.2) is 39.1 Å². The van der Waals surface area contributed by atoms with Crippen molar-refractivity contribution >= 4 is 40.2 Å². The van der Waals surface area contributed by atoms with Crippen molar-refractivity contribution in [3.8, 4) is 11.5 Å². The zero-order valence-corrected chi connectivity index (χ0v) is 18.3. The second kappa shape index (κ2) is 8.82. The minimum Gasteiger partial charge on any atom is -0.436 e. The predicted molar refractivity (Wildman–Crippen MR) is 126 cm³/mol. The molecule has 3 aromatic carbocycles. The molecular formula is C25H18N4O6. The highest BCUT2D eigenvalue weighted by atomic mass is 16.6. The maximum atomic E-state index is 12.6. The molecule has 10 nitrogen and oxygen atoms in total. The van der Waals surface area contributed by atoms with Gasteiger partial charge in [-0.05, 0) is 36.8 Å². The number of aromatic nitrogens is 1. The van der Waals surface area contributed by atoms with E-state index in [0.29, 0.717) is 39.9 Å². The lowest BCUT2D eigenvalue weighted by atomic mass is 10.1. The number of imide groups is 1. The molecule has 1 N–H and O–H groups in total. The highest BCUT2D eigenvalue weighted by Crippen LogP contribution is 2.31. The molecule has 1 aliphatic heterocycles. The van der Waals surface area contributed by atoms with Crippen LogP contribution in [0.15, 0.2) is 71.1 Å². The first kappa shape index (κ1) is 22.0. The van der Waals surface area contributed by atoms with Gasteiger partial charge in [0.25, 0.3) is 17.5 Å². The fourth-order valence-corrected chi connectivity index (χ4v) is 3.98. The van der Waals surface area contributed by atoms with Crippen LogP contribution in [0, 0.1) is 10.1 Å². The second-order valence-corrected chi connectivity index (χ2v) is 7.93. The molecule has 4 aromatic rings. The first-order valence-electron chi connectivity index (χ1n) is 10.8. The molecule has 0 aliphatic carbocycles. The summed E-state index contributed by atoms with van der Waals surface area (Å²) in [6.07, 6.45) is 0.382. The largest absolute Gasteiger partial charge is 0.436 e. The van der Waals surface area contributed by atoms with Gasteiger partial charge in [0.2, 0.25) is 11.8 Å². The van der Waals surface area contributed by atoms with Gasteiger partial charge in [0.1, 0.15) is 5.52 Å². The average molecular weight is 470 g/mol. The lowest BCUT2D eigenvalue weighted by Crippen LogP contribution is -2.31. The number of nitro groups is 1. The fourth-order valence-electron chi connectivity index (χ4n) is 3.98. The summed E-state index contributed by atoms with van der Waals surface area (Å²) in [6, 6.07) is 17.7. The summed E-state index contributed by atoms with van der Waals surface area (Å²) in [7, 11) is 0. The summed E-state index contributed by atoms with van der Waals surface area (Å²) in [6.45, 7) is 0.130. The Morgan fingerprint density at radius 2 is 1.63 bits per heavy atom. The molecule has 0 saturated heterocycles. The smallest absolute Gasteiger partial charge is 0.271 e. The minimum atomic E-state index is -0.510. The lowest BCUT2D eigenvalue weighted by molar-refractivity contribution is -0.384. The number of fused-ring (bicyclic) bond motifs is 2. The van der Waals surface area contributed by atoms with Gasteiger partial charge in [-0.25, -0.2) is 4.98 Å². The van der Waals surface area contributed by atoms with Crippen molar-refractivity contribution in [1.82, 2.24) is 9.88 Å².